The van der Waals surface area contributed by atoms with Crippen LogP contribution in [0.15, 0.2) is 29.3 Å². The number of aliphatic imine (C=N–C) groups is 1. The lowest BCUT2D eigenvalue weighted by molar-refractivity contribution is 0.251. The average Bonchev–Trinajstić information content (AvgIpc) is 2.42. The fraction of sp³-hybridized carbons (Fsp3) is 0.500. The maximum Gasteiger partial charge on any atom is 0.190 e. The standard InChI is InChI=1S/C14H23N3O2/c1-11(9-16-14(15)17(2)3)10-19-13-8-6-5-7-12(13)18-4/h5-8,11H,9-10H2,1-4H3,(H2,15,16)/t11-/m1/s1. The average molecular weight is 265 g/mol. The van der Waals surface area contributed by atoms with Crippen molar-refractivity contribution in [3.05, 3.63) is 24.3 Å². The summed E-state index contributed by atoms with van der Waals surface area (Å²) in [6.07, 6.45) is 0. The van der Waals surface area contributed by atoms with Crippen LogP contribution in [0.5, 0.6) is 11.5 Å². The number of benzene rings is 1. The Morgan fingerprint density at radius 3 is 2.53 bits per heavy atom. The highest BCUT2D eigenvalue weighted by molar-refractivity contribution is 5.77. The molecule has 0 radical (unpaired) electrons. The summed E-state index contributed by atoms with van der Waals surface area (Å²) >= 11 is 0. The molecule has 2 N–H and O–H groups in total. The van der Waals surface area contributed by atoms with E-state index in [0.29, 0.717) is 19.1 Å². The Morgan fingerprint density at radius 2 is 1.95 bits per heavy atom. The molecule has 0 bridgehead atoms. The molecule has 0 spiro atoms. The van der Waals surface area contributed by atoms with Crippen molar-refractivity contribution in [2.45, 2.75) is 6.92 Å². The Kier molecular flexibility index (Phi) is 5.99. The van der Waals surface area contributed by atoms with Gasteiger partial charge in [0.15, 0.2) is 17.5 Å². The summed E-state index contributed by atoms with van der Waals surface area (Å²) in [5.41, 5.74) is 5.73. The second kappa shape index (κ2) is 7.51. The van der Waals surface area contributed by atoms with E-state index in [2.05, 4.69) is 11.9 Å². The first-order chi connectivity index (χ1) is 9.04. The van der Waals surface area contributed by atoms with E-state index >= 15 is 0 Å². The summed E-state index contributed by atoms with van der Waals surface area (Å²) in [6.45, 7) is 3.28. The molecule has 0 aliphatic heterocycles. The first-order valence-electron chi connectivity index (χ1n) is 6.27. The maximum absolute atomic E-state index is 5.73. The Bertz CT molecular complexity index is 419. The number of methoxy groups -OCH3 is 1. The monoisotopic (exact) mass is 265 g/mol. The van der Waals surface area contributed by atoms with E-state index in [9.17, 15) is 0 Å². The molecule has 0 saturated heterocycles. The van der Waals surface area contributed by atoms with Gasteiger partial charge in [-0.25, -0.2) is 0 Å². The van der Waals surface area contributed by atoms with Crippen LogP contribution in [0.1, 0.15) is 6.92 Å². The predicted octanol–water partition coefficient (Wildman–Crippen LogP) is 1.59. The second-order valence-electron chi connectivity index (χ2n) is 4.66. The van der Waals surface area contributed by atoms with Crippen LogP contribution in [0.3, 0.4) is 0 Å². The third-order valence-electron chi connectivity index (χ3n) is 2.62. The third kappa shape index (κ3) is 5.07. The number of nitrogens with two attached hydrogens (primary N) is 1. The molecule has 5 nitrogen and oxygen atoms in total. The molecule has 1 rings (SSSR count). The summed E-state index contributed by atoms with van der Waals surface area (Å²) in [7, 11) is 5.37. The van der Waals surface area contributed by atoms with Crippen LogP contribution < -0.4 is 15.2 Å². The van der Waals surface area contributed by atoms with Crippen LogP contribution in [0.4, 0.5) is 0 Å². The van der Waals surface area contributed by atoms with Crippen LogP contribution in [0, 0.1) is 5.92 Å². The summed E-state index contributed by atoms with van der Waals surface area (Å²) in [5.74, 6) is 2.31. The highest BCUT2D eigenvalue weighted by Crippen LogP contribution is 2.26. The smallest absolute Gasteiger partial charge is 0.190 e. The highest BCUT2D eigenvalue weighted by Gasteiger charge is 2.07. The summed E-state index contributed by atoms with van der Waals surface area (Å²) in [6, 6.07) is 7.60. The highest BCUT2D eigenvalue weighted by atomic mass is 16.5. The third-order valence-corrected chi connectivity index (χ3v) is 2.62. The molecule has 0 heterocycles. The van der Waals surface area contributed by atoms with Gasteiger partial charge in [-0.05, 0) is 12.1 Å². The number of ether oxygens (including phenoxy) is 2. The number of hydrogen-bond donors (Lipinski definition) is 1. The number of para-hydroxylation sites is 2. The van der Waals surface area contributed by atoms with E-state index in [1.165, 1.54) is 0 Å². The Hall–Kier alpha value is -1.91. The summed E-state index contributed by atoms with van der Waals surface area (Å²) in [5, 5.41) is 0. The van der Waals surface area contributed by atoms with Crippen molar-refractivity contribution in [2.75, 3.05) is 34.4 Å². The molecule has 1 aromatic rings. The van der Waals surface area contributed by atoms with Crippen molar-refractivity contribution < 1.29 is 9.47 Å². The van der Waals surface area contributed by atoms with Gasteiger partial charge in [0.05, 0.1) is 13.7 Å². The molecule has 5 heteroatoms. The van der Waals surface area contributed by atoms with Crippen molar-refractivity contribution in [1.29, 1.82) is 0 Å². The normalized spacial score (nSPS) is 12.9. The van der Waals surface area contributed by atoms with Crippen molar-refractivity contribution in [1.82, 2.24) is 4.90 Å². The minimum absolute atomic E-state index is 0.281. The van der Waals surface area contributed by atoms with Crippen LogP contribution in [-0.2, 0) is 0 Å². The fourth-order valence-corrected chi connectivity index (χ4v) is 1.41. The van der Waals surface area contributed by atoms with E-state index in [0.717, 1.165) is 11.5 Å². The summed E-state index contributed by atoms with van der Waals surface area (Å²) in [4.78, 5) is 6.07. The maximum atomic E-state index is 5.73. The second-order valence-corrected chi connectivity index (χ2v) is 4.66. The first kappa shape index (κ1) is 15.1. The predicted molar refractivity (Wildman–Crippen MR) is 77.8 cm³/mol. The number of hydrogen-bond acceptors (Lipinski definition) is 3. The quantitative estimate of drug-likeness (QED) is 0.627. The van der Waals surface area contributed by atoms with Gasteiger partial charge in [-0.3, -0.25) is 4.99 Å². The van der Waals surface area contributed by atoms with Gasteiger partial charge in [0.25, 0.3) is 0 Å². The molecule has 0 amide bonds. The molecule has 0 saturated carbocycles. The fourth-order valence-electron chi connectivity index (χ4n) is 1.41. The van der Waals surface area contributed by atoms with Crippen molar-refractivity contribution in [2.24, 2.45) is 16.6 Å². The Labute approximate surface area is 115 Å². The van der Waals surface area contributed by atoms with Gasteiger partial charge >= 0.3 is 0 Å². The first-order valence-corrected chi connectivity index (χ1v) is 6.27. The van der Waals surface area contributed by atoms with Crippen molar-refractivity contribution >= 4 is 5.96 Å². The molecule has 1 atom stereocenters. The van der Waals surface area contributed by atoms with Crippen LogP contribution in [0.25, 0.3) is 0 Å². The SMILES string of the molecule is COc1ccccc1OC[C@H](C)CN=C(N)N(C)C. The van der Waals surface area contributed by atoms with Crippen molar-refractivity contribution in [3.8, 4) is 11.5 Å². The molecular formula is C14H23N3O2. The summed E-state index contributed by atoms with van der Waals surface area (Å²) < 4.78 is 11.0. The number of rotatable bonds is 6. The molecule has 0 unspecified atom stereocenters. The zero-order chi connectivity index (χ0) is 14.3. The molecule has 0 aromatic heterocycles. The van der Waals surface area contributed by atoms with E-state index in [4.69, 9.17) is 15.2 Å². The van der Waals surface area contributed by atoms with Gasteiger partial charge in [0.2, 0.25) is 0 Å². The van der Waals surface area contributed by atoms with Gasteiger partial charge in [-0.15, -0.1) is 0 Å². The Morgan fingerprint density at radius 1 is 1.32 bits per heavy atom. The molecule has 0 fully saturated rings. The van der Waals surface area contributed by atoms with Gasteiger partial charge in [-0.1, -0.05) is 19.1 Å². The van der Waals surface area contributed by atoms with E-state index in [1.54, 1.807) is 12.0 Å². The lowest BCUT2D eigenvalue weighted by Gasteiger charge is -2.15. The van der Waals surface area contributed by atoms with Crippen molar-refractivity contribution in [3.63, 3.8) is 0 Å². The van der Waals surface area contributed by atoms with Crippen LogP contribution in [0.2, 0.25) is 0 Å². The molecule has 0 aliphatic rings. The number of guanidine groups is 1. The largest absolute Gasteiger partial charge is 0.493 e. The minimum Gasteiger partial charge on any atom is -0.493 e. The topological polar surface area (TPSA) is 60.1 Å². The molecule has 0 aliphatic carbocycles. The molecular weight excluding hydrogens is 242 g/mol. The van der Waals surface area contributed by atoms with Crippen LogP contribution in [-0.4, -0.2) is 45.2 Å². The zero-order valence-electron chi connectivity index (χ0n) is 12.1. The van der Waals surface area contributed by atoms with Gasteiger partial charge in [0.1, 0.15) is 0 Å². The van der Waals surface area contributed by atoms with Crippen LogP contribution >= 0.6 is 0 Å². The van der Waals surface area contributed by atoms with Gasteiger partial charge < -0.3 is 20.1 Å². The lowest BCUT2D eigenvalue weighted by atomic mass is 10.2. The van der Waals surface area contributed by atoms with Gasteiger partial charge in [0, 0.05) is 26.6 Å². The molecule has 1 aromatic carbocycles. The minimum atomic E-state index is 0.281. The lowest BCUT2D eigenvalue weighted by Crippen LogP contribution is -2.31. The Balaban J connectivity index is 2.46. The van der Waals surface area contributed by atoms with E-state index in [1.807, 2.05) is 38.4 Å². The van der Waals surface area contributed by atoms with E-state index in [-0.39, 0.29) is 5.92 Å². The molecule has 19 heavy (non-hydrogen) atoms. The van der Waals surface area contributed by atoms with Gasteiger partial charge in [-0.2, -0.15) is 0 Å². The number of nitrogens with zero attached hydrogens (tertiary/aromatic N) is 2. The van der Waals surface area contributed by atoms with E-state index < -0.39 is 0 Å². The zero-order valence-corrected chi connectivity index (χ0v) is 12.1. The molecule has 106 valence electrons.